The van der Waals surface area contributed by atoms with E-state index in [1.807, 2.05) is 43.7 Å². The fourth-order valence-corrected chi connectivity index (χ4v) is 2.42. The Hall–Kier alpha value is -2.26. The molecule has 0 aliphatic rings. The summed E-state index contributed by atoms with van der Waals surface area (Å²) < 4.78 is 0. The monoisotopic (exact) mass is 249 g/mol. The predicted molar refractivity (Wildman–Crippen MR) is 76.9 cm³/mol. The summed E-state index contributed by atoms with van der Waals surface area (Å²) in [5.41, 5.74) is 3.39. The second-order valence-electron chi connectivity index (χ2n) is 4.43. The summed E-state index contributed by atoms with van der Waals surface area (Å²) >= 11 is 0. The van der Waals surface area contributed by atoms with E-state index in [0.29, 0.717) is 0 Å². The van der Waals surface area contributed by atoms with Crippen molar-refractivity contribution >= 4 is 10.9 Å². The first-order valence-corrected chi connectivity index (χ1v) is 6.31. The molecule has 3 nitrogen and oxygen atoms in total. The normalized spacial score (nSPS) is 12.5. The van der Waals surface area contributed by atoms with Crippen molar-refractivity contribution < 1.29 is 0 Å². The molecule has 2 heterocycles. The van der Waals surface area contributed by atoms with Crippen LogP contribution in [0, 0.1) is 0 Å². The molecule has 19 heavy (non-hydrogen) atoms. The Balaban J connectivity index is 2.17. The molecule has 1 unspecified atom stereocenters. The van der Waals surface area contributed by atoms with Gasteiger partial charge in [-0.3, -0.25) is 9.97 Å². The van der Waals surface area contributed by atoms with Crippen LogP contribution in [-0.2, 0) is 0 Å². The molecule has 1 aromatic carbocycles. The fourth-order valence-electron chi connectivity index (χ4n) is 2.42. The van der Waals surface area contributed by atoms with E-state index in [1.54, 1.807) is 6.20 Å². The van der Waals surface area contributed by atoms with Crippen molar-refractivity contribution in [2.45, 2.75) is 6.04 Å². The zero-order valence-electron chi connectivity index (χ0n) is 10.7. The summed E-state index contributed by atoms with van der Waals surface area (Å²) in [6, 6.07) is 14.4. The van der Waals surface area contributed by atoms with Gasteiger partial charge in [0.05, 0.1) is 11.6 Å². The van der Waals surface area contributed by atoms with E-state index >= 15 is 0 Å². The van der Waals surface area contributed by atoms with Crippen molar-refractivity contribution in [3.05, 3.63) is 72.2 Å². The number of aromatic nitrogens is 2. The Kier molecular flexibility index (Phi) is 3.21. The Morgan fingerprint density at radius 3 is 2.68 bits per heavy atom. The highest BCUT2D eigenvalue weighted by atomic mass is 14.9. The molecule has 94 valence electrons. The zero-order valence-corrected chi connectivity index (χ0v) is 10.7. The van der Waals surface area contributed by atoms with E-state index in [0.717, 1.165) is 11.1 Å². The lowest BCUT2D eigenvalue weighted by molar-refractivity contribution is 0.693. The van der Waals surface area contributed by atoms with Crippen LogP contribution in [0.2, 0.25) is 0 Å². The van der Waals surface area contributed by atoms with Gasteiger partial charge in [-0.2, -0.15) is 0 Å². The van der Waals surface area contributed by atoms with Crippen molar-refractivity contribution in [2.24, 2.45) is 0 Å². The van der Waals surface area contributed by atoms with Crippen LogP contribution < -0.4 is 5.32 Å². The van der Waals surface area contributed by atoms with Crippen LogP contribution in [0.3, 0.4) is 0 Å². The Labute approximate surface area is 112 Å². The van der Waals surface area contributed by atoms with Crippen LogP contribution in [0.25, 0.3) is 10.9 Å². The molecule has 0 aliphatic carbocycles. The number of fused-ring (bicyclic) bond motifs is 1. The molecule has 0 bridgehead atoms. The maximum atomic E-state index is 4.41. The first-order chi connectivity index (χ1) is 9.40. The lowest BCUT2D eigenvalue weighted by Gasteiger charge is -2.18. The molecule has 1 N–H and O–H groups in total. The number of pyridine rings is 2. The highest BCUT2D eigenvalue weighted by Crippen LogP contribution is 2.27. The third-order valence-electron chi connectivity index (χ3n) is 3.30. The molecular weight excluding hydrogens is 234 g/mol. The van der Waals surface area contributed by atoms with E-state index in [2.05, 4.69) is 33.5 Å². The van der Waals surface area contributed by atoms with Gasteiger partial charge in [-0.1, -0.05) is 24.3 Å². The van der Waals surface area contributed by atoms with Gasteiger partial charge < -0.3 is 5.32 Å². The first kappa shape index (κ1) is 11.8. The Morgan fingerprint density at radius 1 is 1.00 bits per heavy atom. The lowest BCUT2D eigenvalue weighted by atomic mass is 9.97. The minimum atomic E-state index is 0.126. The van der Waals surface area contributed by atoms with Crippen molar-refractivity contribution in [1.82, 2.24) is 15.3 Å². The van der Waals surface area contributed by atoms with Gasteiger partial charge in [0.15, 0.2) is 0 Å². The molecule has 0 saturated heterocycles. The third kappa shape index (κ3) is 2.20. The number of para-hydroxylation sites is 1. The molecule has 1 atom stereocenters. The highest BCUT2D eigenvalue weighted by Gasteiger charge is 2.14. The topological polar surface area (TPSA) is 37.8 Å². The van der Waals surface area contributed by atoms with Gasteiger partial charge in [-0.15, -0.1) is 0 Å². The van der Waals surface area contributed by atoms with E-state index in [-0.39, 0.29) is 6.04 Å². The van der Waals surface area contributed by atoms with Gasteiger partial charge in [0.2, 0.25) is 0 Å². The fraction of sp³-hybridized carbons (Fsp3) is 0.125. The van der Waals surface area contributed by atoms with Gasteiger partial charge in [-0.05, 0) is 36.4 Å². The molecule has 0 spiro atoms. The average molecular weight is 249 g/mol. The summed E-state index contributed by atoms with van der Waals surface area (Å²) in [7, 11) is 1.97. The smallest absolute Gasteiger partial charge is 0.0705 e. The van der Waals surface area contributed by atoms with Crippen molar-refractivity contribution in [2.75, 3.05) is 7.05 Å². The van der Waals surface area contributed by atoms with Crippen LogP contribution in [0.15, 0.2) is 61.1 Å². The Bertz CT molecular complexity index is 674. The predicted octanol–water partition coefficient (Wildman–Crippen LogP) is 2.94. The van der Waals surface area contributed by atoms with E-state index in [9.17, 15) is 0 Å². The molecule has 3 heteroatoms. The average Bonchev–Trinajstić information content (AvgIpc) is 2.49. The maximum absolute atomic E-state index is 4.41. The number of hydrogen-bond acceptors (Lipinski definition) is 3. The van der Waals surface area contributed by atoms with E-state index in [1.165, 1.54) is 10.9 Å². The molecule has 0 amide bonds. The molecule has 0 fully saturated rings. The number of rotatable bonds is 3. The zero-order chi connectivity index (χ0) is 13.1. The van der Waals surface area contributed by atoms with Crippen LogP contribution in [0.1, 0.15) is 17.2 Å². The second kappa shape index (κ2) is 5.16. The summed E-state index contributed by atoms with van der Waals surface area (Å²) in [6.07, 6.45) is 5.55. The van der Waals surface area contributed by atoms with E-state index < -0.39 is 0 Å². The lowest BCUT2D eigenvalue weighted by Crippen LogP contribution is -2.18. The first-order valence-electron chi connectivity index (χ1n) is 6.31. The van der Waals surface area contributed by atoms with Crippen molar-refractivity contribution in [3.8, 4) is 0 Å². The summed E-state index contributed by atoms with van der Waals surface area (Å²) in [4.78, 5) is 8.61. The summed E-state index contributed by atoms with van der Waals surface area (Å²) in [5, 5.41) is 4.53. The maximum Gasteiger partial charge on any atom is 0.0705 e. The minimum Gasteiger partial charge on any atom is -0.309 e. The molecule has 3 aromatic rings. The second-order valence-corrected chi connectivity index (χ2v) is 4.43. The Morgan fingerprint density at radius 2 is 1.89 bits per heavy atom. The largest absolute Gasteiger partial charge is 0.309 e. The number of nitrogens with zero attached hydrogens (tertiary/aromatic N) is 2. The van der Waals surface area contributed by atoms with Crippen LogP contribution >= 0.6 is 0 Å². The quantitative estimate of drug-likeness (QED) is 0.775. The van der Waals surface area contributed by atoms with Crippen molar-refractivity contribution in [3.63, 3.8) is 0 Å². The molecule has 0 saturated carbocycles. The van der Waals surface area contributed by atoms with Crippen LogP contribution in [-0.4, -0.2) is 17.0 Å². The van der Waals surface area contributed by atoms with Crippen LogP contribution in [0.5, 0.6) is 0 Å². The summed E-state index contributed by atoms with van der Waals surface area (Å²) in [6.45, 7) is 0. The van der Waals surface area contributed by atoms with Gasteiger partial charge in [0, 0.05) is 24.0 Å². The van der Waals surface area contributed by atoms with Gasteiger partial charge >= 0.3 is 0 Å². The molecule has 2 aromatic heterocycles. The van der Waals surface area contributed by atoms with Gasteiger partial charge in [0.25, 0.3) is 0 Å². The molecular formula is C16H15N3. The standard InChI is InChI=1S/C16H15N3/c1-17-16(12-5-4-9-18-11-12)14-8-10-19-15-7-3-2-6-13(14)15/h2-11,16-17H,1H3. The minimum absolute atomic E-state index is 0.126. The number of hydrogen-bond donors (Lipinski definition) is 1. The molecule has 0 aliphatic heterocycles. The van der Waals surface area contributed by atoms with E-state index in [4.69, 9.17) is 0 Å². The summed E-state index contributed by atoms with van der Waals surface area (Å²) in [5.74, 6) is 0. The van der Waals surface area contributed by atoms with Crippen LogP contribution in [0.4, 0.5) is 0 Å². The van der Waals surface area contributed by atoms with Gasteiger partial charge in [-0.25, -0.2) is 0 Å². The SMILES string of the molecule is CNC(c1cccnc1)c1ccnc2ccccc12. The molecule has 0 radical (unpaired) electrons. The third-order valence-corrected chi connectivity index (χ3v) is 3.30. The van der Waals surface area contributed by atoms with Crippen molar-refractivity contribution in [1.29, 1.82) is 0 Å². The molecule has 3 rings (SSSR count). The highest BCUT2D eigenvalue weighted by molar-refractivity contribution is 5.82. The number of nitrogens with one attached hydrogen (secondary N) is 1. The van der Waals surface area contributed by atoms with Gasteiger partial charge in [0.1, 0.15) is 0 Å². The number of benzene rings is 1.